The van der Waals surface area contributed by atoms with Gasteiger partial charge in [-0.15, -0.1) is 0 Å². The Labute approximate surface area is 164 Å². The number of halogens is 2. The summed E-state index contributed by atoms with van der Waals surface area (Å²) in [4.78, 5) is 26.9. The van der Waals surface area contributed by atoms with Gasteiger partial charge in [0.1, 0.15) is 11.9 Å². The van der Waals surface area contributed by atoms with Gasteiger partial charge in [0.25, 0.3) is 0 Å². The zero-order valence-electron chi connectivity index (χ0n) is 15.5. The number of benzene rings is 2. The lowest BCUT2D eigenvalue weighted by Crippen LogP contribution is -2.48. The monoisotopic (exact) mass is 390 g/mol. The number of hydrogen-bond acceptors (Lipinski definition) is 2. The zero-order valence-corrected chi connectivity index (χ0v) is 16.3. The van der Waals surface area contributed by atoms with Gasteiger partial charge in [-0.05, 0) is 42.7 Å². The van der Waals surface area contributed by atoms with Crippen molar-refractivity contribution in [3.8, 4) is 0 Å². The van der Waals surface area contributed by atoms with E-state index in [1.807, 2.05) is 13.0 Å². The van der Waals surface area contributed by atoms with Crippen molar-refractivity contribution in [2.24, 2.45) is 0 Å². The van der Waals surface area contributed by atoms with Crippen LogP contribution in [0.25, 0.3) is 0 Å². The standard InChI is InChI=1S/C21H24ClFN2O2/c1-3-12-24-21(27)15(2)25(14-16-8-10-18(23)11-9-16)20(26)13-17-6-4-5-7-19(17)22/h4-11,15H,3,12-14H2,1-2H3,(H,24,27)/t15-/m1/s1. The molecule has 0 aliphatic carbocycles. The molecule has 144 valence electrons. The summed E-state index contributed by atoms with van der Waals surface area (Å²) in [5, 5.41) is 3.33. The summed E-state index contributed by atoms with van der Waals surface area (Å²) in [7, 11) is 0. The van der Waals surface area contributed by atoms with Crippen LogP contribution in [-0.2, 0) is 22.6 Å². The van der Waals surface area contributed by atoms with Crippen LogP contribution in [0.3, 0.4) is 0 Å². The molecule has 1 atom stereocenters. The van der Waals surface area contributed by atoms with Gasteiger partial charge in [0.05, 0.1) is 6.42 Å². The molecule has 1 N–H and O–H groups in total. The molecule has 0 fully saturated rings. The van der Waals surface area contributed by atoms with Gasteiger partial charge < -0.3 is 10.2 Å². The molecular weight excluding hydrogens is 367 g/mol. The van der Waals surface area contributed by atoms with Gasteiger partial charge in [-0.2, -0.15) is 0 Å². The van der Waals surface area contributed by atoms with Crippen molar-refractivity contribution in [2.45, 2.75) is 39.3 Å². The second kappa shape index (κ2) is 10.1. The van der Waals surface area contributed by atoms with Gasteiger partial charge in [0.2, 0.25) is 11.8 Å². The lowest BCUT2D eigenvalue weighted by atomic mass is 10.1. The minimum absolute atomic E-state index is 0.0895. The van der Waals surface area contributed by atoms with Crippen molar-refractivity contribution >= 4 is 23.4 Å². The molecule has 0 radical (unpaired) electrons. The lowest BCUT2D eigenvalue weighted by molar-refractivity contribution is -0.140. The van der Waals surface area contributed by atoms with E-state index in [9.17, 15) is 14.0 Å². The van der Waals surface area contributed by atoms with Crippen molar-refractivity contribution in [2.75, 3.05) is 6.54 Å². The number of nitrogens with one attached hydrogen (secondary N) is 1. The predicted molar refractivity (Wildman–Crippen MR) is 105 cm³/mol. The molecule has 0 spiro atoms. The maximum atomic E-state index is 13.2. The Hall–Kier alpha value is -2.40. The molecule has 0 unspecified atom stereocenters. The predicted octanol–water partition coefficient (Wildman–Crippen LogP) is 3.97. The van der Waals surface area contributed by atoms with Crippen molar-refractivity contribution < 1.29 is 14.0 Å². The van der Waals surface area contributed by atoms with Gasteiger partial charge in [0.15, 0.2) is 0 Å². The van der Waals surface area contributed by atoms with Gasteiger partial charge in [-0.25, -0.2) is 4.39 Å². The molecule has 0 saturated carbocycles. The van der Waals surface area contributed by atoms with E-state index in [2.05, 4.69) is 5.32 Å². The summed E-state index contributed by atoms with van der Waals surface area (Å²) in [6.45, 7) is 4.42. The number of nitrogens with zero attached hydrogens (tertiary/aromatic N) is 1. The highest BCUT2D eigenvalue weighted by atomic mass is 35.5. The third kappa shape index (κ3) is 6.07. The maximum absolute atomic E-state index is 13.2. The zero-order chi connectivity index (χ0) is 19.8. The number of hydrogen-bond donors (Lipinski definition) is 1. The van der Waals surface area contributed by atoms with Gasteiger partial charge in [-0.3, -0.25) is 9.59 Å². The summed E-state index contributed by atoms with van der Waals surface area (Å²) in [5.41, 5.74) is 1.45. The number of amides is 2. The Kier molecular flexibility index (Phi) is 7.80. The molecule has 0 saturated heterocycles. The van der Waals surface area contributed by atoms with Gasteiger partial charge in [-0.1, -0.05) is 48.9 Å². The Morgan fingerprint density at radius 3 is 2.44 bits per heavy atom. The van der Waals surface area contributed by atoms with Crippen molar-refractivity contribution in [3.63, 3.8) is 0 Å². The molecule has 2 rings (SSSR count). The van der Waals surface area contributed by atoms with Crippen LogP contribution in [0.15, 0.2) is 48.5 Å². The highest BCUT2D eigenvalue weighted by Gasteiger charge is 2.26. The lowest BCUT2D eigenvalue weighted by Gasteiger charge is -2.29. The van der Waals surface area contributed by atoms with Gasteiger partial charge >= 0.3 is 0 Å². The van der Waals surface area contributed by atoms with E-state index < -0.39 is 6.04 Å². The Morgan fingerprint density at radius 1 is 1.15 bits per heavy atom. The van der Waals surface area contributed by atoms with Crippen molar-refractivity contribution in [3.05, 3.63) is 70.5 Å². The Balaban J connectivity index is 2.21. The first kappa shape index (κ1) is 20.9. The summed E-state index contributed by atoms with van der Waals surface area (Å²) in [6, 6.07) is 12.4. The highest BCUT2D eigenvalue weighted by Crippen LogP contribution is 2.18. The largest absolute Gasteiger partial charge is 0.354 e. The average molecular weight is 391 g/mol. The molecule has 2 aromatic rings. The SMILES string of the molecule is CCCNC(=O)[C@@H](C)N(Cc1ccc(F)cc1)C(=O)Cc1ccccc1Cl. The van der Waals surface area contributed by atoms with Gasteiger partial charge in [0, 0.05) is 18.1 Å². The second-order valence-electron chi connectivity index (χ2n) is 6.38. The Bertz CT molecular complexity index is 780. The van der Waals surface area contributed by atoms with Crippen LogP contribution in [0.2, 0.25) is 5.02 Å². The normalized spacial score (nSPS) is 11.7. The van der Waals surface area contributed by atoms with E-state index in [1.54, 1.807) is 37.3 Å². The molecule has 2 aromatic carbocycles. The van der Waals surface area contributed by atoms with E-state index in [1.165, 1.54) is 17.0 Å². The van der Waals surface area contributed by atoms with E-state index in [4.69, 9.17) is 11.6 Å². The maximum Gasteiger partial charge on any atom is 0.242 e. The minimum atomic E-state index is -0.656. The third-order valence-electron chi connectivity index (χ3n) is 4.28. The minimum Gasteiger partial charge on any atom is -0.354 e. The summed E-state index contributed by atoms with van der Waals surface area (Å²) >= 11 is 6.17. The smallest absolute Gasteiger partial charge is 0.242 e. The van der Waals surface area contributed by atoms with E-state index in [-0.39, 0.29) is 30.6 Å². The second-order valence-corrected chi connectivity index (χ2v) is 6.79. The van der Waals surface area contributed by atoms with Crippen molar-refractivity contribution in [1.29, 1.82) is 0 Å². The number of rotatable bonds is 8. The molecule has 4 nitrogen and oxygen atoms in total. The molecule has 27 heavy (non-hydrogen) atoms. The van der Waals surface area contributed by atoms with Crippen molar-refractivity contribution in [1.82, 2.24) is 10.2 Å². The topological polar surface area (TPSA) is 49.4 Å². The molecule has 0 bridgehead atoms. The van der Waals surface area contributed by atoms with Crippen LogP contribution >= 0.6 is 11.6 Å². The van der Waals surface area contributed by atoms with E-state index >= 15 is 0 Å². The number of carbonyl (C=O) groups is 2. The van der Waals surface area contributed by atoms with E-state index in [0.29, 0.717) is 17.1 Å². The van der Waals surface area contributed by atoms with Crippen LogP contribution in [0.4, 0.5) is 4.39 Å². The molecule has 0 aromatic heterocycles. The fraction of sp³-hybridized carbons (Fsp3) is 0.333. The molecule has 0 aliphatic rings. The average Bonchev–Trinajstić information content (AvgIpc) is 2.66. The first-order valence-electron chi connectivity index (χ1n) is 8.97. The molecule has 2 amide bonds. The van der Waals surface area contributed by atoms with E-state index in [0.717, 1.165) is 12.0 Å². The third-order valence-corrected chi connectivity index (χ3v) is 4.65. The molecule has 0 heterocycles. The quantitative estimate of drug-likeness (QED) is 0.741. The Morgan fingerprint density at radius 2 is 1.81 bits per heavy atom. The van der Waals surface area contributed by atoms with Crippen LogP contribution < -0.4 is 5.32 Å². The van der Waals surface area contributed by atoms with Crippen LogP contribution in [-0.4, -0.2) is 29.3 Å². The first-order chi connectivity index (χ1) is 12.9. The number of carbonyl (C=O) groups excluding carboxylic acids is 2. The molecule has 0 aliphatic heterocycles. The summed E-state index contributed by atoms with van der Waals surface area (Å²) in [5.74, 6) is -0.778. The molecular formula is C21H24ClFN2O2. The fourth-order valence-corrected chi connectivity index (χ4v) is 2.87. The molecule has 6 heteroatoms. The summed E-state index contributed by atoms with van der Waals surface area (Å²) < 4.78 is 13.2. The first-order valence-corrected chi connectivity index (χ1v) is 9.35. The van der Waals surface area contributed by atoms with Crippen LogP contribution in [0, 0.1) is 5.82 Å². The van der Waals surface area contributed by atoms with Crippen LogP contribution in [0.1, 0.15) is 31.4 Å². The highest BCUT2D eigenvalue weighted by molar-refractivity contribution is 6.31. The fourth-order valence-electron chi connectivity index (χ4n) is 2.67. The van der Waals surface area contributed by atoms with Crippen LogP contribution in [0.5, 0.6) is 0 Å². The summed E-state index contributed by atoms with van der Waals surface area (Å²) in [6.07, 6.45) is 0.899.